The van der Waals surface area contributed by atoms with Gasteiger partial charge in [0.1, 0.15) is 5.00 Å². The third-order valence-corrected chi connectivity index (χ3v) is 4.12. The van der Waals surface area contributed by atoms with Gasteiger partial charge in [0.05, 0.1) is 17.7 Å². The van der Waals surface area contributed by atoms with Crippen molar-refractivity contribution in [3.63, 3.8) is 0 Å². The molecule has 0 unspecified atom stereocenters. The Kier molecular flexibility index (Phi) is 5.77. The van der Waals surface area contributed by atoms with Crippen molar-refractivity contribution in [2.45, 2.75) is 37.8 Å². The number of carbonyl (C=O) groups excluding carboxylic acids is 1. The summed E-state index contributed by atoms with van der Waals surface area (Å²) in [4.78, 5) is 23.6. The first kappa shape index (κ1) is 17.0. The van der Waals surface area contributed by atoms with E-state index in [2.05, 4.69) is 20.3 Å². The Morgan fingerprint density at radius 2 is 2.13 bits per heavy atom. The average molecular weight is 336 g/mol. The molecule has 124 valence electrons. The van der Waals surface area contributed by atoms with Gasteiger partial charge in [-0.05, 0) is 12.8 Å². The number of nitrogens with two attached hydrogens (primary N) is 3. The predicted octanol–water partition coefficient (Wildman–Crippen LogP) is -0.148. The van der Waals surface area contributed by atoms with Gasteiger partial charge in [-0.2, -0.15) is 0 Å². The number of aromatic nitrogens is 1. The molecule has 1 aliphatic carbocycles. The first-order chi connectivity index (χ1) is 11.0. The van der Waals surface area contributed by atoms with Gasteiger partial charge in [-0.3, -0.25) is 15.2 Å². The van der Waals surface area contributed by atoms with Crippen molar-refractivity contribution in [3.05, 3.63) is 11.7 Å². The van der Waals surface area contributed by atoms with Crippen molar-refractivity contribution < 1.29 is 4.79 Å². The predicted molar refractivity (Wildman–Crippen MR) is 91.1 cm³/mol. The van der Waals surface area contributed by atoms with Gasteiger partial charge >= 0.3 is 0 Å². The normalized spacial score (nSPS) is 22.7. The molecule has 23 heavy (non-hydrogen) atoms. The lowest BCUT2D eigenvalue weighted by atomic mass is 9.91. The Morgan fingerprint density at radius 1 is 1.39 bits per heavy atom. The molecule has 8 N–H and O–H groups in total. The number of carbonyl (C=O) groups is 1. The minimum absolute atomic E-state index is 0.0402. The van der Waals surface area contributed by atoms with E-state index in [-0.39, 0.29) is 23.9 Å². The fourth-order valence-electron chi connectivity index (χ4n) is 2.27. The number of aliphatic imine (C=N–C) groups is 2. The number of hydrogen-bond acceptors (Lipinski definition) is 7. The quantitative estimate of drug-likeness (QED) is 0.380. The summed E-state index contributed by atoms with van der Waals surface area (Å²) in [5.74, 6) is -0.920. The molecule has 10 heteroatoms. The second-order valence-corrected chi connectivity index (χ2v) is 6.06. The van der Waals surface area contributed by atoms with Crippen LogP contribution in [0.5, 0.6) is 0 Å². The number of primary amides is 1. The highest BCUT2D eigenvalue weighted by atomic mass is 32.1. The molecule has 9 nitrogen and oxygen atoms in total. The molecule has 0 aliphatic heterocycles. The molecular weight excluding hydrogens is 316 g/mol. The van der Waals surface area contributed by atoms with Gasteiger partial charge in [-0.1, -0.05) is 12.8 Å². The van der Waals surface area contributed by atoms with Crippen molar-refractivity contribution in [2.75, 3.05) is 0 Å². The van der Waals surface area contributed by atoms with Crippen molar-refractivity contribution in [2.24, 2.45) is 27.2 Å². The molecule has 2 rings (SSSR count). The highest BCUT2D eigenvalue weighted by Gasteiger charge is 2.22. The van der Waals surface area contributed by atoms with Gasteiger partial charge in [-0.15, -0.1) is 11.3 Å². The largest absolute Gasteiger partial charge is 0.370 e. The summed E-state index contributed by atoms with van der Waals surface area (Å²) < 4.78 is 0. The van der Waals surface area contributed by atoms with Crippen LogP contribution in [-0.4, -0.2) is 40.5 Å². The number of nitrogens with zero attached hydrogens (tertiary/aromatic N) is 3. The maximum atomic E-state index is 11.3. The molecule has 0 radical (unpaired) electrons. The van der Waals surface area contributed by atoms with Gasteiger partial charge < -0.3 is 22.5 Å². The van der Waals surface area contributed by atoms with Crippen LogP contribution in [0.1, 0.15) is 25.7 Å². The van der Waals surface area contributed by atoms with E-state index in [4.69, 9.17) is 22.6 Å². The molecule has 1 aliphatic rings. The number of nitrogens with one attached hydrogen (secondary N) is 2. The standard InChI is InChI=1S/C13H20N8OS/c14-7-3-1-2-4-8(7)19-13(17)21-12(10(15)11(16)22)20-9-5-18-6-23-9/h5-8,15H,1-4,14H2,(H2,16,22)(H3,17,19,20,21)/t7-,8+/m0/s1. The fourth-order valence-corrected chi connectivity index (χ4v) is 2.77. The smallest absolute Gasteiger partial charge is 0.270 e. The maximum Gasteiger partial charge on any atom is 0.270 e. The third-order valence-electron chi connectivity index (χ3n) is 3.46. The highest BCUT2D eigenvalue weighted by Crippen LogP contribution is 2.19. The number of hydrogen-bond donors (Lipinski definition) is 5. The van der Waals surface area contributed by atoms with E-state index in [0.29, 0.717) is 5.00 Å². The molecule has 1 aromatic heterocycles. The number of rotatable bonds is 4. The zero-order chi connectivity index (χ0) is 16.8. The Bertz CT molecular complexity index is 624. The number of amides is 1. The van der Waals surface area contributed by atoms with Crippen LogP contribution < -0.4 is 22.5 Å². The summed E-state index contributed by atoms with van der Waals surface area (Å²) in [6.07, 6.45) is 5.41. The Labute approximate surface area is 137 Å². The lowest BCUT2D eigenvalue weighted by Gasteiger charge is -2.25. The highest BCUT2D eigenvalue weighted by molar-refractivity contribution is 7.13. The molecular formula is C13H20N8OS. The van der Waals surface area contributed by atoms with Crippen LogP contribution in [0, 0.1) is 5.41 Å². The monoisotopic (exact) mass is 336 g/mol. The molecule has 0 saturated heterocycles. The molecule has 1 amide bonds. The first-order valence-electron chi connectivity index (χ1n) is 7.19. The molecule has 0 spiro atoms. The van der Waals surface area contributed by atoms with Crippen LogP contribution in [0.2, 0.25) is 0 Å². The fraction of sp³-hybridized carbons (Fsp3) is 0.462. The van der Waals surface area contributed by atoms with Gasteiger partial charge in [0, 0.05) is 6.04 Å². The van der Waals surface area contributed by atoms with Crippen LogP contribution in [-0.2, 0) is 4.79 Å². The average Bonchev–Trinajstić information content (AvgIpc) is 3.01. The van der Waals surface area contributed by atoms with Crippen LogP contribution >= 0.6 is 11.3 Å². The van der Waals surface area contributed by atoms with E-state index < -0.39 is 11.6 Å². The zero-order valence-electron chi connectivity index (χ0n) is 12.5. The van der Waals surface area contributed by atoms with Crippen LogP contribution in [0.25, 0.3) is 0 Å². The number of guanidine groups is 1. The van der Waals surface area contributed by atoms with E-state index >= 15 is 0 Å². The first-order valence-corrected chi connectivity index (χ1v) is 8.07. The van der Waals surface area contributed by atoms with Crippen LogP contribution in [0.3, 0.4) is 0 Å². The summed E-state index contributed by atoms with van der Waals surface area (Å²) in [6, 6.07) is -0.120. The Hall–Kier alpha value is -2.33. The van der Waals surface area contributed by atoms with Gasteiger partial charge in [-0.25, -0.2) is 9.98 Å². The van der Waals surface area contributed by atoms with E-state index in [1.54, 1.807) is 5.51 Å². The van der Waals surface area contributed by atoms with Crippen molar-refractivity contribution in [1.82, 2.24) is 10.3 Å². The molecule has 0 aromatic carbocycles. The summed E-state index contributed by atoms with van der Waals surface area (Å²) in [5, 5.41) is 10.9. The van der Waals surface area contributed by atoms with E-state index in [1.165, 1.54) is 17.5 Å². The number of thiazole rings is 1. The molecule has 1 aromatic rings. The molecule has 1 fully saturated rings. The summed E-state index contributed by atoms with van der Waals surface area (Å²) in [6.45, 7) is 0. The van der Waals surface area contributed by atoms with Crippen molar-refractivity contribution in [3.8, 4) is 0 Å². The Balaban J connectivity index is 2.16. The van der Waals surface area contributed by atoms with E-state index in [1.807, 2.05) is 0 Å². The molecule has 0 bridgehead atoms. The van der Waals surface area contributed by atoms with Crippen molar-refractivity contribution in [1.29, 1.82) is 5.41 Å². The van der Waals surface area contributed by atoms with E-state index in [9.17, 15) is 4.79 Å². The van der Waals surface area contributed by atoms with Crippen LogP contribution in [0.15, 0.2) is 21.7 Å². The second-order valence-electron chi connectivity index (χ2n) is 5.19. The SMILES string of the molecule is N=C(C(N)=O)C(=Nc1cncs1)NC(N)=N[C@@H]1CCCC[C@@H]1N. The van der Waals surface area contributed by atoms with Gasteiger partial charge in [0.15, 0.2) is 17.5 Å². The molecule has 2 atom stereocenters. The zero-order valence-corrected chi connectivity index (χ0v) is 13.3. The number of amidine groups is 1. The summed E-state index contributed by atoms with van der Waals surface area (Å²) in [5.41, 5.74) is 18.2. The summed E-state index contributed by atoms with van der Waals surface area (Å²) in [7, 11) is 0. The Morgan fingerprint density at radius 3 is 2.74 bits per heavy atom. The second kappa shape index (κ2) is 7.79. The van der Waals surface area contributed by atoms with Crippen LogP contribution in [0.4, 0.5) is 5.00 Å². The van der Waals surface area contributed by atoms with Crippen molar-refractivity contribution >= 4 is 39.8 Å². The summed E-state index contributed by atoms with van der Waals surface area (Å²) >= 11 is 1.26. The molecule has 1 saturated carbocycles. The van der Waals surface area contributed by atoms with Gasteiger partial charge in [0.25, 0.3) is 5.91 Å². The lowest BCUT2D eigenvalue weighted by molar-refractivity contribution is -0.111. The third kappa shape index (κ3) is 4.83. The maximum absolute atomic E-state index is 11.3. The molecule has 1 heterocycles. The minimum atomic E-state index is -0.914. The van der Waals surface area contributed by atoms with E-state index in [0.717, 1.165) is 25.7 Å². The lowest BCUT2D eigenvalue weighted by Crippen LogP contribution is -2.46. The van der Waals surface area contributed by atoms with Gasteiger partial charge in [0.2, 0.25) is 0 Å². The topological polar surface area (TPSA) is 169 Å². The minimum Gasteiger partial charge on any atom is -0.370 e.